The van der Waals surface area contributed by atoms with Gasteiger partial charge in [-0.05, 0) is 79.2 Å². The van der Waals surface area contributed by atoms with Crippen LogP contribution in [-0.2, 0) is 5.41 Å². The topological polar surface area (TPSA) is 51.8 Å². The van der Waals surface area contributed by atoms with Crippen molar-refractivity contribution in [3.63, 3.8) is 0 Å². The molecule has 0 saturated carbocycles. The molecule has 0 aliphatic carbocycles. The van der Waals surface area contributed by atoms with Gasteiger partial charge in [-0.25, -0.2) is 4.98 Å². The second-order valence-corrected chi connectivity index (χ2v) is 9.95. The number of furan rings is 1. The second-order valence-electron chi connectivity index (χ2n) is 9.95. The van der Waals surface area contributed by atoms with Crippen molar-refractivity contribution in [2.75, 3.05) is 0 Å². The molecule has 0 radical (unpaired) electrons. The Kier molecular flexibility index (Phi) is 3.22. The quantitative estimate of drug-likeness (QED) is 0.249. The molecule has 2 aromatic carbocycles. The van der Waals surface area contributed by atoms with Gasteiger partial charge in [0.15, 0.2) is 0 Å². The maximum Gasteiger partial charge on any atom is 0.227 e. The summed E-state index contributed by atoms with van der Waals surface area (Å²) < 4.78 is 79.3. The summed E-state index contributed by atoms with van der Waals surface area (Å²) in [5.41, 5.74) is 2.67. The van der Waals surface area contributed by atoms with Crippen molar-refractivity contribution in [3.05, 3.63) is 89.4 Å². The van der Waals surface area contributed by atoms with Crippen LogP contribution in [-0.4, -0.2) is 15.0 Å². The molecule has 6 rings (SSSR count). The van der Waals surface area contributed by atoms with Crippen molar-refractivity contribution < 1.29 is 16.8 Å². The van der Waals surface area contributed by atoms with Crippen LogP contribution >= 0.6 is 0 Å². The second kappa shape index (κ2) is 7.99. The molecular weight excluding hydrogens is 442 g/mol. The standard InChI is InChI=1S/C32H29N3O/c1-18-10-14-26-23(13-15-28(35-26)32(4,5)6)29(18)25-16-27(33-17-19(25)2)24-9-7-8-21-22-12-11-20(3)34-31(22)36-30(21)24/h7-17H,1-6H3/i1D3,2D3,3D3. The Labute approximate surface area is 223 Å². The highest BCUT2D eigenvalue weighted by Crippen LogP contribution is 2.39. The number of aryl methyl sites for hydroxylation is 3. The zero-order valence-electron chi connectivity index (χ0n) is 29.1. The highest BCUT2D eigenvalue weighted by Gasteiger charge is 2.19. The van der Waals surface area contributed by atoms with Gasteiger partial charge in [-0.2, -0.15) is 0 Å². The van der Waals surface area contributed by atoms with E-state index in [0.29, 0.717) is 38.5 Å². The molecule has 0 unspecified atom stereocenters. The van der Waals surface area contributed by atoms with E-state index < -0.39 is 20.6 Å². The zero-order valence-corrected chi connectivity index (χ0v) is 20.1. The summed E-state index contributed by atoms with van der Waals surface area (Å²) in [6.07, 6.45) is 1.25. The van der Waals surface area contributed by atoms with Gasteiger partial charge in [-0.3, -0.25) is 9.97 Å². The van der Waals surface area contributed by atoms with Crippen LogP contribution in [0.4, 0.5) is 0 Å². The van der Waals surface area contributed by atoms with Crippen LogP contribution in [0, 0.1) is 20.6 Å². The first-order chi connectivity index (χ1) is 20.8. The van der Waals surface area contributed by atoms with Gasteiger partial charge in [-0.15, -0.1) is 0 Å². The van der Waals surface area contributed by atoms with Crippen LogP contribution in [0.15, 0.2) is 71.3 Å². The Bertz CT molecular complexity index is 2120. The summed E-state index contributed by atoms with van der Waals surface area (Å²) >= 11 is 0. The normalized spacial score (nSPS) is 16.9. The first-order valence-electron chi connectivity index (χ1n) is 16.1. The largest absolute Gasteiger partial charge is 0.437 e. The van der Waals surface area contributed by atoms with Crippen molar-refractivity contribution in [1.82, 2.24) is 15.0 Å². The smallest absolute Gasteiger partial charge is 0.227 e. The SMILES string of the molecule is [2H]C([2H])([2H])c1ccc2c(n1)oc1c(-c3cc(-c4c(C([2H])([2H])[2H])ccc5nc(C(C)(C)C)ccc45)c(C([2H])([2H])[2H])cn3)cccc12. The summed E-state index contributed by atoms with van der Waals surface area (Å²) in [6, 6.07) is 16.8. The van der Waals surface area contributed by atoms with E-state index in [1.165, 1.54) is 18.3 Å². The third kappa shape index (κ3) is 3.56. The predicted molar refractivity (Wildman–Crippen MR) is 148 cm³/mol. The highest BCUT2D eigenvalue weighted by atomic mass is 16.3. The van der Waals surface area contributed by atoms with E-state index in [1.807, 2.05) is 32.9 Å². The molecule has 36 heavy (non-hydrogen) atoms. The lowest BCUT2D eigenvalue weighted by atomic mass is 9.89. The van der Waals surface area contributed by atoms with E-state index in [4.69, 9.17) is 21.7 Å². The maximum absolute atomic E-state index is 8.35. The molecule has 4 nitrogen and oxygen atoms in total. The Hall–Kier alpha value is -4.05. The number of hydrogen-bond donors (Lipinski definition) is 0. The van der Waals surface area contributed by atoms with Crippen molar-refractivity contribution in [2.24, 2.45) is 0 Å². The third-order valence-corrected chi connectivity index (χ3v) is 6.45. The molecule has 4 heteroatoms. The predicted octanol–water partition coefficient (Wildman–Crippen LogP) is 8.48. The molecule has 0 saturated heterocycles. The van der Waals surface area contributed by atoms with Crippen LogP contribution in [0.3, 0.4) is 0 Å². The number of para-hydroxylation sites is 1. The fourth-order valence-corrected chi connectivity index (χ4v) is 4.60. The summed E-state index contributed by atoms with van der Waals surface area (Å²) in [5.74, 6) is 0. The molecule has 0 aliphatic heterocycles. The lowest BCUT2D eigenvalue weighted by molar-refractivity contribution is 0.571. The molecule has 4 heterocycles. The van der Waals surface area contributed by atoms with Gasteiger partial charge >= 0.3 is 0 Å². The Morgan fingerprint density at radius 1 is 0.778 bits per heavy atom. The van der Waals surface area contributed by atoms with E-state index in [-0.39, 0.29) is 39.1 Å². The summed E-state index contributed by atoms with van der Waals surface area (Å²) in [4.78, 5) is 13.6. The lowest BCUT2D eigenvalue weighted by Crippen LogP contribution is -2.13. The van der Waals surface area contributed by atoms with Gasteiger partial charge in [0.05, 0.1) is 11.2 Å². The van der Waals surface area contributed by atoms with Crippen molar-refractivity contribution in [3.8, 4) is 22.4 Å². The van der Waals surface area contributed by atoms with Crippen LogP contribution < -0.4 is 0 Å². The van der Waals surface area contributed by atoms with E-state index in [0.717, 1.165) is 5.69 Å². The first-order valence-corrected chi connectivity index (χ1v) is 11.6. The van der Waals surface area contributed by atoms with E-state index in [1.54, 1.807) is 36.4 Å². The maximum atomic E-state index is 8.35. The molecule has 0 fully saturated rings. The fraction of sp³-hybridized carbons (Fsp3) is 0.219. The van der Waals surface area contributed by atoms with Gasteiger partial charge in [0.2, 0.25) is 5.71 Å². The summed E-state index contributed by atoms with van der Waals surface area (Å²) in [7, 11) is 0. The number of rotatable bonds is 2. The molecule has 0 aliphatic rings. The van der Waals surface area contributed by atoms with Crippen molar-refractivity contribution in [2.45, 2.75) is 46.7 Å². The molecule has 0 N–H and O–H groups in total. The van der Waals surface area contributed by atoms with Crippen LogP contribution in [0.2, 0.25) is 0 Å². The van der Waals surface area contributed by atoms with Gasteiger partial charge in [-0.1, -0.05) is 45.0 Å². The molecule has 0 spiro atoms. The first kappa shape index (κ1) is 14.5. The lowest BCUT2D eigenvalue weighted by Gasteiger charge is -2.19. The molecule has 0 atom stereocenters. The molecule has 178 valence electrons. The Morgan fingerprint density at radius 3 is 2.44 bits per heavy atom. The minimum atomic E-state index is -2.62. The zero-order chi connectivity index (χ0) is 32.7. The van der Waals surface area contributed by atoms with Crippen LogP contribution in [0.25, 0.3) is 55.4 Å². The number of fused-ring (bicyclic) bond motifs is 4. The van der Waals surface area contributed by atoms with Crippen LogP contribution in [0.5, 0.6) is 0 Å². The van der Waals surface area contributed by atoms with E-state index in [9.17, 15) is 0 Å². The van der Waals surface area contributed by atoms with Gasteiger partial charge in [0.25, 0.3) is 0 Å². The number of aromatic nitrogens is 3. The van der Waals surface area contributed by atoms with E-state index >= 15 is 0 Å². The van der Waals surface area contributed by atoms with E-state index in [2.05, 4.69) is 9.97 Å². The average Bonchev–Trinajstić information content (AvgIpc) is 3.32. The fourth-order valence-electron chi connectivity index (χ4n) is 4.60. The molecule has 0 amide bonds. The average molecular weight is 481 g/mol. The number of benzene rings is 2. The van der Waals surface area contributed by atoms with Crippen molar-refractivity contribution >= 4 is 33.0 Å². The number of nitrogens with zero attached hydrogens (tertiary/aromatic N) is 3. The molecule has 6 aromatic rings. The summed E-state index contributed by atoms with van der Waals surface area (Å²) in [5, 5.41) is 1.78. The number of hydrogen-bond acceptors (Lipinski definition) is 4. The highest BCUT2D eigenvalue weighted by molar-refractivity contribution is 6.08. The Balaban J connectivity index is 1.66. The minimum Gasteiger partial charge on any atom is -0.437 e. The van der Waals surface area contributed by atoms with Gasteiger partial charge in [0.1, 0.15) is 5.58 Å². The van der Waals surface area contributed by atoms with Gasteiger partial charge in [0, 0.05) is 57.1 Å². The molecule has 0 bridgehead atoms. The summed E-state index contributed by atoms with van der Waals surface area (Å²) in [6.45, 7) is -1.52. The monoisotopic (exact) mass is 480 g/mol. The van der Waals surface area contributed by atoms with Gasteiger partial charge < -0.3 is 4.42 Å². The molecule has 4 aromatic heterocycles. The Morgan fingerprint density at radius 2 is 1.64 bits per heavy atom. The van der Waals surface area contributed by atoms with Crippen molar-refractivity contribution in [1.29, 1.82) is 0 Å². The molecular formula is C32H29N3O. The number of pyridine rings is 3. The van der Waals surface area contributed by atoms with Crippen LogP contribution in [0.1, 0.15) is 55.6 Å². The third-order valence-electron chi connectivity index (χ3n) is 6.45. The minimum absolute atomic E-state index is 0.00806.